The van der Waals surface area contributed by atoms with Crippen molar-refractivity contribution in [3.63, 3.8) is 0 Å². The van der Waals surface area contributed by atoms with Crippen LogP contribution in [0.1, 0.15) is 58.4 Å². The van der Waals surface area contributed by atoms with Crippen molar-refractivity contribution in [1.29, 1.82) is 0 Å². The number of H-pyrrole nitrogens is 1. The smallest absolute Gasteiger partial charge is 0.257 e. The number of aromatic nitrogens is 1. The monoisotopic (exact) mass is 353 g/mol. The molecule has 1 aliphatic carbocycles. The van der Waals surface area contributed by atoms with E-state index in [0.29, 0.717) is 16.8 Å². The van der Waals surface area contributed by atoms with E-state index in [1.54, 1.807) is 18.2 Å². The fraction of sp³-hybridized carbons (Fsp3) is 0.350. The van der Waals surface area contributed by atoms with E-state index < -0.39 is 0 Å². The highest BCUT2D eigenvalue weighted by Gasteiger charge is 2.19. The van der Waals surface area contributed by atoms with Gasteiger partial charge in [-0.1, -0.05) is 25.3 Å². The van der Waals surface area contributed by atoms with Gasteiger partial charge in [0.25, 0.3) is 11.8 Å². The van der Waals surface area contributed by atoms with Crippen LogP contribution in [0.5, 0.6) is 0 Å². The average molecular weight is 353 g/mol. The molecule has 1 heterocycles. The molecule has 0 aliphatic heterocycles. The van der Waals surface area contributed by atoms with Crippen LogP contribution in [-0.4, -0.2) is 22.8 Å². The lowest BCUT2D eigenvalue weighted by molar-refractivity contribution is 0.0926. The lowest BCUT2D eigenvalue weighted by atomic mass is 9.95. The third-order valence-electron chi connectivity index (χ3n) is 4.81. The van der Waals surface area contributed by atoms with Crippen LogP contribution in [0.25, 0.3) is 0 Å². The highest BCUT2D eigenvalue weighted by Crippen LogP contribution is 2.22. The molecule has 26 heavy (non-hydrogen) atoms. The van der Waals surface area contributed by atoms with Gasteiger partial charge >= 0.3 is 0 Å². The number of hydrogen-bond acceptors (Lipinski definition) is 3. The highest BCUT2D eigenvalue weighted by atomic mass is 16.2. The minimum Gasteiger partial charge on any atom is -0.349 e. The van der Waals surface area contributed by atoms with Gasteiger partial charge in [0.15, 0.2) is 0 Å². The molecule has 1 aromatic carbocycles. The lowest BCUT2D eigenvalue weighted by Crippen LogP contribution is -2.36. The summed E-state index contributed by atoms with van der Waals surface area (Å²) in [6.07, 6.45) is 6.95. The number of nitrogens with one attached hydrogen (secondary N) is 3. The predicted octanol–water partition coefficient (Wildman–Crippen LogP) is 3.00. The number of anilines is 1. The van der Waals surface area contributed by atoms with Gasteiger partial charge in [0.2, 0.25) is 5.56 Å². The van der Waals surface area contributed by atoms with Gasteiger partial charge in [0, 0.05) is 29.6 Å². The van der Waals surface area contributed by atoms with Crippen molar-refractivity contribution in [3.05, 3.63) is 63.6 Å². The third kappa shape index (κ3) is 4.20. The lowest BCUT2D eigenvalue weighted by Gasteiger charge is -2.23. The number of aromatic amines is 1. The number of hydrogen-bond donors (Lipinski definition) is 3. The van der Waals surface area contributed by atoms with Crippen LogP contribution < -0.4 is 16.2 Å². The molecule has 136 valence electrons. The Morgan fingerprint density at radius 1 is 1.04 bits per heavy atom. The second kappa shape index (κ2) is 7.99. The van der Waals surface area contributed by atoms with Crippen molar-refractivity contribution in [2.24, 2.45) is 0 Å². The summed E-state index contributed by atoms with van der Waals surface area (Å²) >= 11 is 0. The van der Waals surface area contributed by atoms with Gasteiger partial charge in [0.1, 0.15) is 0 Å². The van der Waals surface area contributed by atoms with Crippen LogP contribution in [0.15, 0.2) is 41.3 Å². The molecular weight excluding hydrogens is 330 g/mol. The van der Waals surface area contributed by atoms with E-state index in [-0.39, 0.29) is 23.4 Å². The summed E-state index contributed by atoms with van der Waals surface area (Å²) in [5.41, 5.74) is 1.95. The van der Waals surface area contributed by atoms with E-state index in [1.807, 2.05) is 6.92 Å². The van der Waals surface area contributed by atoms with E-state index in [0.717, 1.165) is 31.2 Å². The largest absolute Gasteiger partial charge is 0.349 e. The zero-order valence-electron chi connectivity index (χ0n) is 14.8. The minimum absolute atomic E-state index is 0.102. The van der Waals surface area contributed by atoms with Crippen molar-refractivity contribution < 1.29 is 9.59 Å². The van der Waals surface area contributed by atoms with Gasteiger partial charge in [-0.15, -0.1) is 0 Å². The Morgan fingerprint density at radius 3 is 2.50 bits per heavy atom. The van der Waals surface area contributed by atoms with Crippen molar-refractivity contribution in [1.82, 2.24) is 10.3 Å². The predicted molar refractivity (Wildman–Crippen MR) is 101 cm³/mol. The second-order valence-electron chi connectivity index (χ2n) is 6.68. The highest BCUT2D eigenvalue weighted by molar-refractivity contribution is 6.05. The van der Waals surface area contributed by atoms with E-state index in [4.69, 9.17) is 0 Å². The van der Waals surface area contributed by atoms with Gasteiger partial charge < -0.3 is 15.6 Å². The van der Waals surface area contributed by atoms with Crippen molar-refractivity contribution in [2.45, 2.75) is 45.1 Å². The first-order valence-electron chi connectivity index (χ1n) is 8.95. The van der Waals surface area contributed by atoms with Gasteiger partial charge in [-0.2, -0.15) is 0 Å². The van der Waals surface area contributed by atoms with E-state index in [9.17, 15) is 14.4 Å². The Kier molecular flexibility index (Phi) is 5.51. The third-order valence-corrected chi connectivity index (χ3v) is 4.81. The van der Waals surface area contributed by atoms with Crippen LogP contribution in [-0.2, 0) is 0 Å². The van der Waals surface area contributed by atoms with E-state index >= 15 is 0 Å². The summed E-state index contributed by atoms with van der Waals surface area (Å²) < 4.78 is 0. The number of carbonyl (C=O) groups is 2. The molecule has 1 fully saturated rings. The van der Waals surface area contributed by atoms with Crippen molar-refractivity contribution in [2.75, 3.05) is 5.32 Å². The van der Waals surface area contributed by atoms with Crippen molar-refractivity contribution >= 4 is 17.5 Å². The SMILES string of the molecule is Cc1c(NC(=O)c2ccc(=O)[nH]c2)cccc1C(=O)NC1CCCCC1. The number of benzene rings is 1. The molecule has 0 saturated heterocycles. The average Bonchev–Trinajstić information content (AvgIpc) is 2.64. The maximum atomic E-state index is 12.6. The normalized spacial score (nSPS) is 14.7. The Bertz CT molecular complexity index is 846. The zero-order valence-corrected chi connectivity index (χ0v) is 14.8. The molecular formula is C20H23N3O3. The number of carbonyl (C=O) groups excluding carboxylic acids is 2. The molecule has 3 N–H and O–H groups in total. The Morgan fingerprint density at radius 2 is 1.81 bits per heavy atom. The minimum atomic E-state index is -0.339. The summed E-state index contributed by atoms with van der Waals surface area (Å²) in [6, 6.07) is 8.28. The summed E-state index contributed by atoms with van der Waals surface area (Å²) in [4.78, 5) is 38.5. The van der Waals surface area contributed by atoms with E-state index in [1.165, 1.54) is 24.8 Å². The van der Waals surface area contributed by atoms with Gasteiger partial charge in [-0.3, -0.25) is 14.4 Å². The van der Waals surface area contributed by atoms with Crippen LogP contribution in [0, 0.1) is 6.92 Å². The fourth-order valence-corrected chi connectivity index (χ4v) is 3.27. The Hall–Kier alpha value is -2.89. The van der Waals surface area contributed by atoms with Crippen LogP contribution >= 0.6 is 0 Å². The first-order chi connectivity index (χ1) is 12.5. The summed E-state index contributed by atoms with van der Waals surface area (Å²) in [5, 5.41) is 5.91. The van der Waals surface area contributed by atoms with Gasteiger partial charge in [-0.05, 0) is 43.5 Å². The molecule has 1 aliphatic rings. The molecule has 0 atom stereocenters. The number of rotatable bonds is 4. The molecule has 3 rings (SSSR count). The molecule has 6 heteroatoms. The molecule has 1 aromatic heterocycles. The number of pyridine rings is 1. The quantitative estimate of drug-likeness (QED) is 0.789. The molecule has 2 amide bonds. The topological polar surface area (TPSA) is 91.1 Å². The van der Waals surface area contributed by atoms with E-state index in [2.05, 4.69) is 15.6 Å². The van der Waals surface area contributed by atoms with Crippen LogP contribution in [0.3, 0.4) is 0 Å². The standard InChI is InChI=1S/C20H23N3O3/c1-13-16(20(26)22-15-6-3-2-4-7-15)8-5-9-17(13)23-19(25)14-10-11-18(24)21-12-14/h5,8-12,15H,2-4,6-7H2,1H3,(H,21,24)(H,22,26)(H,23,25). The summed E-state index contributed by atoms with van der Waals surface area (Å²) in [6.45, 7) is 1.82. The Balaban J connectivity index is 1.73. The summed E-state index contributed by atoms with van der Waals surface area (Å²) in [5.74, 6) is -0.441. The molecule has 0 unspecified atom stereocenters. The second-order valence-corrected chi connectivity index (χ2v) is 6.68. The number of amides is 2. The van der Waals surface area contributed by atoms with Crippen LogP contribution in [0.2, 0.25) is 0 Å². The maximum Gasteiger partial charge on any atom is 0.257 e. The van der Waals surface area contributed by atoms with Crippen molar-refractivity contribution in [3.8, 4) is 0 Å². The molecule has 0 spiro atoms. The first-order valence-corrected chi connectivity index (χ1v) is 8.95. The summed E-state index contributed by atoms with van der Waals surface area (Å²) in [7, 11) is 0. The van der Waals surface area contributed by atoms with Crippen LogP contribution in [0.4, 0.5) is 5.69 Å². The Labute approximate surface area is 152 Å². The first kappa shape index (κ1) is 17.9. The van der Waals surface area contributed by atoms with Gasteiger partial charge in [0.05, 0.1) is 5.56 Å². The molecule has 1 saturated carbocycles. The fourth-order valence-electron chi connectivity index (χ4n) is 3.27. The maximum absolute atomic E-state index is 12.6. The molecule has 2 aromatic rings. The molecule has 0 bridgehead atoms. The molecule has 6 nitrogen and oxygen atoms in total. The molecule has 0 radical (unpaired) electrons. The zero-order chi connectivity index (χ0) is 18.5. The van der Waals surface area contributed by atoms with Gasteiger partial charge in [-0.25, -0.2) is 0 Å².